The Hall–Kier alpha value is -1.99. The van der Waals surface area contributed by atoms with Gasteiger partial charge in [-0.1, -0.05) is 0 Å². The Kier molecular flexibility index (Phi) is 2.31. The molecule has 0 aromatic carbocycles. The van der Waals surface area contributed by atoms with Crippen LogP contribution in [0, 0.1) is 39.9 Å². The van der Waals surface area contributed by atoms with E-state index in [0.717, 1.165) is 0 Å². The summed E-state index contributed by atoms with van der Waals surface area (Å²) in [4.78, 5) is 0. The number of rotatable bonds is 0. The summed E-state index contributed by atoms with van der Waals surface area (Å²) in [7, 11) is 0. The molecule has 1 aliphatic rings. The minimum absolute atomic E-state index is 0.0842. The fourth-order valence-electron chi connectivity index (χ4n) is 1.02. The molecule has 1 atom stereocenters. The first-order valence-corrected chi connectivity index (χ1v) is 3.40. The van der Waals surface area contributed by atoms with Gasteiger partial charge in [-0.05, 0) is 0 Å². The smallest absolute Gasteiger partial charge is 0.168 e. The molecule has 1 saturated heterocycles. The summed E-state index contributed by atoms with van der Waals surface area (Å²) in [6.45, 7) is 0.417. The van der Waals surface area contributed by atoms with Gasteiger partial charge in [-0.25, -0.2) is 0 Å². The molecule has 0 aliphatic carbocycles. The molecule has 58 valence electrons. The third-order valence-electron chi connectivity index (χ3n) is 1.61. The van der Waals surface area contributed by atoms with Crippen LogP contribution in [0.3, 0.4) is 0 Å². The summed E-state index contributed by atoms with van der Waals surface area (Å²) in [5, 5.41) is 25.6. The minimum Gasteiger partial charge on any atom is -0.494 e. The van der Waals surface area contributed by atoms with Crippen LogP contribution in [-0.2, 0) is 4.74 Å². The third-order valence-corrected chi connectivity index (χ3v) is 1.61. The number of nitriles is 3. The van der Waals surface area contributed by atoms with Crippen molar-refractivity contribution in [3.63, 3.8) is 0 Å². The van der Waals surface area contributed by atoms with Gasteiger partial charge in [0.2, 0.25) is 0 Å². The molecule has 0 spiro atoms. The van der Waals surface area contributed by atoms with E-state index in [1.54, 1.807) is 12.1 Å². The average molecular weight is 159 g/mol. The van der Waals surface area contributed by atoms with Crippen molar-refractivity contribution in [3.8, 4) is 18.2 Å². The van der Waals surface area contributed by atoms with Crippen LogP contribution in [-0.4, -0.2) is 6.61 Å². The van der Waals surface area contributed by atoms with Crippen LogP contribution in [0.15, 0.2) is 11.3 Å². The van der Waals surface area contributed by atoms with Crippen molar-refractivity contribution in [2.45, 2.75) is 6.42 Å². The monoisotopic (exact) mass is 159 g/mol. The highest BCUT2D eigenvalue weighted by Gasteiger charge is 2.26. The largest absolute Gasteiger partial charge is 0.494 e. The molecular weight excluding hydrogens is 154 g/mol. The van der Waals surface area contributed by atoms with Crippen LogP contribution in [0.1, 0.15) is 6.42 Å². The van der Waals surface area contributed by atoms with E-state index in [2.05, 4.69) is 0 Å². The van der Waals surface area contributed by atoms with Crippen LogP contribution in [0.5, 0.6) is 0 Å². The van der Waals surface area contributed by atoms with E-state index in [4.69, 9.17) is 20.5 Å². The highest BCUT2D eigenvalue weighted by atomic mass is 16.5. The van der Waals surface area contributed by atoms with Crippen molar-refractivity contribution in [2.24, 2.45) is 5.92 Å². The lowest BCUT2D eigenvalue weighted by Gasteiger charge is -1.98. The molecule has 1 heterocycles. The molecule has 4 heteroatoms. The second kappa shape index (κ2) is 3.42. The molecule has 1 fully saturated rings. The standard InChI is InChI=1S/C8H5N3O/c9-3-6-1-2-12-8(6)7(4-10)5-11/h6H,1-2H2. The van der Waals surface area contributed by atoms with E-state index in [9.17, 15) is 0 Å². The maximum Gasteiger partial charge on any atom is 0.168 e. The van der Waals surface area contributed by atoms with Gasteiger partial charge < -0.3 is 4.74 Å². The highest BCUT2D eigenvalue weighted by molar-refractivity contribution is 5.40. The van der Waals surface area contributed by atoms with Crippen molar-refractivity contribution in [1.82, 2.24) is 0 Å². The maximum absolute atomic E-state index is 8.59. The molecule has 0 radical (unpaired) electrons. The highest BCUT2D eigenvalue weighted by Crippen LogP contribution is 2.26. The van der Waals surface area contributed by atoms with E-state index in [0.29, 0.717) is 13.0 Å². The van der Waals surface area contributed by atoms with E-state index < -0.39 is 5.92 Å². The van der Waals surface area contributed by atoms with Gasteiger partial charge in [-0.3, -0.25) is 0 Å². The van der Waals surface area contributed by atoms with Gasteiger partial charge in [0.15, 0.2) is 5.57 Å². The zero-order valence-corrected chi connectivity index (χ0v) is 6.24. The summed E-state index contributed by atoms with van der Waals surface area (Å²) in [5.41, 5.74) is -0.0842. The van der Waals surface area contributed by atoms with Crippen molar-refractivity contribution in [3.05, 3.63) is 11.3 Å². The van der Waals surface area contributed by atoms with E-state index in [1.165, 1.54) is 0 Å². The summed E-state index contributed by atoms with van der Waals surface area (Å²) in [6.07, 6.45) is 0.568. The number of hydrogen-bond acceptors (Lipinski definition) is 4. The maximum atomic E-state index is 8.59. The Bertz CT molecular complexity index is 321. The molecule has 0 saturated carbocycles. The molecule has 1 rings (SSSR count). The van der Waals surface area contributed by atoms with Crippen LogP contribution in [0.2, 0.25) is 0 Å². The first-order valence-electron chi connectivity index (χ1n) is 3.40. The Balaban J connectivity index is 3.04. The molecule has 0 aromatic rings. The second-order valence-electron chi connectivity index (χ2n) is 2.28. The fraction of sp³-hybridized carbons (Fsp3) is 0.375. The average Bonchev–Trinajstić information content (AvgIpc) is 2.55. The second-order valence-corrected chi connectivity index (χ2v) is 2.28. The number of nitrogens with zero attached hydrogens (tertiary/aromatic N) is 3. The SMILES string of the molecule is N#CC(C#N)=C1OCCC1C#N. The van der Waals surface area contributed by atoms with Gasteiger partial charge in [-0.15, -0.1) is 0 Å². The lowest BCUT2D eigenvalue weighted by atomic mass is 10.1. The summed E-state index contributed by atoms with van der Waals surface area (Å²) in [6, 6.07) is 5.38. The first-order chi connectivity index (χ1) is 5.83. The molecule has 0 amide bonds. The first kappa shape index (κ1) is 8.11. The predicted octanol–water partition coefficient (Wildman–Crippen LogP) is 0.848. The van der Waals surface area contributed by atoms with Crippen molar-refractivity contribution in [2.75, 3.05) is 6.61 Å². The van der Waals surface area contributed by atoms with Gasteiger partial charge >= 0.3 is 0 Å². The van der Waals surface area contributed by atoms with E-state index in [-0.39, 0.29) is 11.3 Å². The molecule has 0 N–H and O–H groups in total. The number of ether oxygens (including phenoxy) is 1. The van der Waals surface area contributed by atoms with Crippen molar-refractivity contribution in [1.29, 1.82) is 15.8 Å². The van der Waals surface area contributed by atoms with Crippen LogP contribution in [0.4, 0.5) is 0 Å². The van der Waals surface area contributed by atoms with Gasteiger partial charge in [0.1, 0.15) is 23.8 Å². The van der Waals surface area contributed by atoms with Crippen LogP contribution >= 0.6 is 0 Å². The Morgan fingerprint density at radius 1 is 1.33 bits per heavy atom. The zero-order valence-electron chi connectivity index (χ0n) is 6.24. The zero-order chi connectivity index (χ0) is 8.97. The molecule has 0 bridgehead atoms. The molecule has 0 aromatic heterocycles. The molecule has 1 aliphatic heterocycles. The van der Waals surface area contributed by atoms with Crippen molar-refractivity contribution < 1.29 is 4.74 Å². The van der Waals surface area contributed by atoms with E-state index >= 15 is 0 Å². The minimum atomic E-state index is -0.417. The fourth-order valence-corrected chi connectivity index (χ4v) is 1.02. The van der Waals surface area contributed by atoms with Crippen LogP contribution < -0.4 is 0 Å². The lowest BCUT2D eigenvalue weighted by molar-refractivity contribution is 0.260. The van der Waals surface area contributed by atoms with Crippen LogP contribution in [0.25, 0.3) is 0 Å². The topological polar surface area (TPSA) is 80.6 Å². The Labute approximate surface area is 69.9 Å². The third kappa shape index (κ3) is 1.21. The Morgan fingerprint density at radius 3 is 2.50 bits per heavy atom. The molecular formula is C8H5N3O. The normalized spacial score (nSPS) is 20.1. The summed E-state index contributed by atoms with van der Waals surface area (Å²) >= 11 is 0. The molecule has 4 nitrogen and oxygen atoms in total. The van der Waals surface area contributed by atoms with Gasteiger partial charge in [-0.2, -0.15) is 15.8 Å². The molecule has 12 heavy (non-hydrogen) atoms. The van der Waals surface area contributed by atoms with Gasteiger partial charge in [0.05, 0.1) is 12.7 Å². The quantitative estimate of drug-likeness (QED) is 0.490. The molecule has 1 unspecified atom stereocenters. The van der Waals surface area contributed by atoms with E-state index in [1.807, 2.05) is 6.07 Å². The summed E-state index contributed by atoms with van der Waals surface area (Å²) < 4.78 is 5.01. The van der Waals surface area contributed by atoms with Crippen molar-refractivity contribution >= 4 is 0 Å². The van der Waals surface area contributed by atoms with Gasteiger partial charge in [0, 0.05) is 6.42 Å². The predicted molar refractivity (Wildman–Crippen MR) is 37.9 cm³/mol. The van der Waals surface area contributed by atoms with Gasteiger partial charge in [0.25, 0.3) is 0 Å². The Morgan fingerprint density at radius 2 is 2.00 bits per heavy atom. The summed E-state index contributed by atoms with van der Waals surface area (Å²) in [5.74, 6) is -0.179. The number of allylic oxidation sites excluding steroid dienone is 2. The lowest BCUT2D eigenvalue weighted by Crippen LogP contribution is -1.96. The number of hydrogen-bond donors (Lipinski definition) is 0.